The van der Waals surface area contributed by atoms with Crippen LogP contribution in [0.1, 0.15) is 32.1 Å². The third-order valence-electron chi connectivity index (χ3n) is 3.68. The van der Waals surface area contributed by atoms with Crippen LogP contribution in [0.25, 0.3) is 0 Å². The van der Waals surface area contributed by atoms with E-state index in [0.717, 1.165) is 38.4 Å². The largest absolute Gasteiger partial charge is 0.481 e. The van der Waals surface area contributed by atoms with E-state index in [4.69, 9.17) is 9.84 Å². The second kappa shape index (κ2) is 4.30. The Hall–Kier alpha value is -0.570. The predicted octanol–water partition coefficient (Wildman–Crippen LogP) is 1.91. The third-order valence-corrected chi connectivity index (χ3v) is 3.68. The van der Waals surface area contributed by atoms with Crippen LogP contribution in [0.4, 0.5) is 0 Å². The average Bonchev–Trinajstić information content (AvgIpc) is 2.17. The maximum atomic E-state index is 10.6. The molecule has 1 saturated heterocycles. The molecular weight excluding hydrogens is 180 g/mol. The predicted molar refractivity (Wildman–Crippen MR) is 52.0 cm³/mol. The number of carbonyl (C=O) groups is 1. The van der Waals surface area contributed by atoms with Crippen molar-refractivity contribution in [1.82, 2.24) is 0 Å². The van der Waals surface area contributed by atoms with Crippen LogP contribution in [0.5, 0.6) is 0 Å². The Bertz CT molecular complexity index is 215. The molecule has 0 aromatic heterocycles. The van der Waals surface area contributed by atoms with Gasteiger partial charge >= 0.3 is 5.97 Å². The van der Waals surface area contributed by atoms with Crippen LogP contribution in [-0.2, 0) is 9.53 Å². The molecule has 1 aliphatic carbocycles. The number of aliphatic carboxylic acids is 1. The minimum Gasteiger partial charge on any atom is -0.481 e. The molecule has 0 radical (unpaired) electrons. The Morgan fingerprint density at radius 3 is 2.93 bits per heavy atom. The highest BCUT2D eigenvalue weighted by molar-refractivity contribution is 5.67. The first-order valence-corrected chi connectivity index (χ1v) is 5.55. The van der Waals surface area contributed by atoms with E-state index < -0.39 is 5.97 Å². The van der Waals surface area contributed by atoms with Gasteiger partial charge < -0.3 is 9.84 Å². The number of ether oxygens (including phenoxy) is 1. The molecule has 0 spiro atoms. The van der Waals surface area contributed by atoms with Crippen molar-refractivity contribution >= 4 is 5.97 Å². The highest BCUT2D eigenvalue weighted by Crippen LogP contribution is 2.39. The van der Waals surface area contributed by atoms with Gasteiger partial charge in [0.1, 0.15) is 0 Å². The second-order valence-electron chi connectivity index (χ2n) is 4.66. The summed E-state index contributed by atoms with van der Waals surface area (Å²) in [6.45, 7) is 1.78. The molecule has 1 aliphatic heterocycles. The quantitative estimate of drug-likeness (QED) is 0.737. The topological polar surface area (TPSA) is 46.5 Å². The molecule has 1 heterocycles. The van der Waals surface area contributed by atoms with Crippen LogP contribution in [0, 0.1) is 17.8 Å². The van der Waals surface area contributed by atoms with Crippen molar-refractivity contribution in [2.24, 2.45) is 17.8 Å². The lowest BCUT2D eigenvalue weighted by molar-refractivity contribution is -0.138. The molecule has 2 rings (SSSR count). The van der Waals surface area contributed by atoms with Crippen LogP contribution in [-0.4, -0.2) is 24.3 Å². The fraction of sp³-hybridized carbons (Fsp3) is 0.909. The minimum absolute atomic E-state index is 0.365. The van der Waals surface area contributed by atoms with Gasteiger partial charge in [0.2, 0.25) is 0 Å². The summed E-state index contributed by atoms with van der Waals surface area (Å²) in [6, 6.07) is 0. The van der Waals surface area contributed by atoms with E-state index >= 15 is 0 Å². The number of hydrogen-bond acceptors (Lipinski definition) is 2. The van der Waals surface area contributed by atoms with Gasteiger partial charge in [-0.3, -0.25) is 4.79 Å². The van der Waals surface area contributed by atoms with Crippen LogP contribution in [0.15, 0.2) is 0 Å². The van der Waals surface area contributed by atoms with Gasteiger partial charge in [0.25, 0.3) is 0 Å². The Morgan fingerprint density at radius 1 is 1.29 bits per heavy atom. The number of carboxylic acid groups (broad SMARTS) is 1. The van der Waals surface area contributed by atoms with Crippen LogP contribution in [0.2, 0.25) is 0 Å². The Morgan fingerprint density at radius 2 is 2.14 bits per heavy atom. The first-order valence-electron chi connectivity index (χ1n) is 5.55. The van der Waals surface area contributed by atoms with Crippen molar-refractivity contribution < 1.29 is 14.6 Å². The van der Waals surface area contributed by atoms with Crippen molar-refractivity contribution in [3.05, 3.63) is 0 Å². The van der Waals surface area contributed by atoms with Gasteiger partial charge in [-0.15, -0.1) is 0 Å². The zero-order chi connectivity index (χ0) is 9.97. The van der Waals surface area contributed by atoms with Crippen molar-refractivity contribution in [3.8, 4) is 0 Å². The number of rotatable bonds is 2. The second-order valence-corrected chi connectivity index (χ2v) is 4.66. The Labute approximate surface area is 84.4 Å². The van der Waals surface area contributed by atoms with Crippen LogP contribution < -0.4 is 0 Å². The Balaban J connectivity index is 1.86. The molecule has 3 atom stereocenters. The molecule has 14 heavy (non-hydrogen) atoms. The lowest BCUT2D eigenvalue weighted by atomic mass is 9.71. The molecule has 1 N–H and O–H groups in total. The minimum atomic E-state index is -0.638. The van der Waals surface area contributed by atoms with Crippen LogP contribution in [0.3, 0.4) is 0 Å². The van der Waals surface area contributed by atoms with E-state index in [1.165, 1.54) is 6.42 Å². The van der Waals surface area contributed by atoms with E-state index in [0.29, 0.717) is 18.3 Å². The fourth-order valence-electron chi connectivity index (χ4n) is 2.90. The van der Waals surface area contributed by atoms with Gasteiger partial charge in [-0.25, -0.2) is 0 Å². The molecule has 2 aliphatic rings. The molecular formula is C11H18O3. The molecule has 3 heteroatoms. The van der Waals surface area contributed by atoms with Crippen molar-refractivity contribution in [2.75, 3.05) is 13.2 Å². The number of hydrogen-bond donors (Lipinski definition) is 1. The summed E-state index contributed by atoms with van der Waals surface area (Å²) in [5, 5.41) is 8.74. The molecule has 0 aromatic rings. The molecule has 0 bridgehead atoms. The summed E-state index contributed by atoms with van der Waals surface area (Å²) in [7, 11) is 0. The smallest absolute Gasteiger partial charge is 0.303 e. The zero-order valence-electron chi connectivity index (χ0n) is 8.45. The van der Waals surface area contributed by atoms with E-state index in [1.807, 2.05) is 0 Å². The van der Waals surface area contributed by atoms with E-state index in [1.54, 1.807) is 0 Å². The lowest BCUT2D eigenvalue weighted by Gasteiger charge is -2.38. The van der Waals surface area contributed by atoms with Gasteiger partial charge in [-0.05, 0) is 43.4 Å². The van der Waals surface area contributed by atoms with E-state index in [9.17, 15) is 4.79 Å². The number of fused-ring (bicyclic) bond motifs is 1. The average molecular weight is 198 g/mol. The Kier molecular flexibility index (Phi) is 3.06. The van der Waals surface area contributed by atoms with Gasteiger partial charge in [0.15, 0.2) is 0 Å². The van der Waals surface area contributed by atoms with Gasteiger partial charge in [-0.2, -0.15) is 0 Å². The molecule has 0 aromatic carbocycles. The van der Waals surface area contributed by atoms with E-state index in [-0.39, 0.29) is 0 Å². The van der Waals surface area contributed by atoms with E-state index in [2.05, 4.69) is 0 Å². The number of carboxylic acids is 1. The highest BCUT2D eigenvalue weighted by atomic mass is 16.5. The molecule has 80 valence electrons. The van der Waals surface area contributed by atoms with Gasteiger partial charge in [0, 0.05) is 19.6 Å². The maximum Gasteiger partial charge on any atom is 0.303 e. The summed E-state index contributed by atoms with van der Waals surface area (Å²) in [5.41, 5.74) is 0. The van der Waals surface area contributed by atoms with Crippen molar-refractivity contribution in [3.63, 3.8) is 0 Å². The first kappa shape index (κ1) is 9.97. The van der Waals surface area contributed by atoms with Crippen molar-refractivity contribution in [1.29, 1.82) is 0 Å². The molecule has 0 amide bonds. The first-order chi connectivity index (χ1) is 6.75. The maximum absolute atomic E-state index is 10.6. The molecule has 3 nitrogen and oxygen atoms in total. The SMILES string of the molecule is O=C(O)CC1CCC2COCCC2C1. The zero-order valence-corrected chi connectivity index (χ0v) is 8.45. The van der Waals surface area contributed by atoms with Crippen LogP contribution >= 0.6 is 0 Å². The summed E-state index contributed by atoms with van der Waals surface area (Å²) < 4.78 is 5.44. The molecule has 1 saturated carbocycles. The summed E-state index contributed by atoms with van der Waals surface area (Å²) in [4.78, 5) is 10.6. The van der Waals surface area contributed by atoms with Gasteiger partial charge in [0.05, 0.1) is 0 Å². The van der Waals surface area contributed by atoms with Gasteiger partial charge in [-0.1, -0.05) is 0 Å². The highest BCUT2D eigenvalue weighted by Gasteiger charge is 2.33. The third kappa shape index (κ3) is 2.27. The summed E-state index contributed by atoms with van der Waals surface area (Å²) >= 11 is 0. The monoisotopic (exact) mass is 198 g/mol. The molecule has 2 fully saturated rings. The van der Waals surface area contributed by atoms with Crippen molar-refractivity contribution in [2.45, 2.75) is 32.1 Å². The standard InChI is InChI=1S/C11H18O3/c12-11(13)6-8-1-2-10-7-14-4-3-9(10)5-8/h8-10H,1-7H2,(H,12,13). The summed E-state index contributed by atoms with van der Waals surface area (Å²) in [5.74, 6) is 1.24. The fourth-order valence-corrected chi connectivity index (χ4v) is 2.90. The lowest BCUT2D eigenvalue weighted by Crippen LogP contribution is -2.33. The summed E-state index contributed by atoms with van der Waals surface area (Å²) in [6.07, 6.45) is 4.87. The molecule has 3 unspecified atom stereocenters. The normalized spacial score (nSPS) is 37.6.